The Morgan fingerprint density at radius 2 is 2.14 bits per heavy atom. The number of carbonyl (C=O) groups is 1. The molecule has 3 heterocycles. The molecule has 1 amide bonds. The van der Waals surface area contributed by atoms with E-state index in [2.05, 4.69) is 25.9 Å². The van der Waals surface area contributed by atoms with Gasteiger partial charge < -0.3 is 20.4 Å². The topological polar surface area (TPSA) is 118 Å². The highest BCUT2D eigenvalue weighted by atomic mass is 16.5. The van der Waals surface area contributed by atoms with Crippen molar-refractivity contribution in [2.24, 2.45) is 5.84 Å². The van der Waals surface area contributed by atoms with Gasteiger partial charge in [-0.15, -0.1) is 10.2 Å². The molecule has 9 heteroatoms. The Balaban J connectivity index is 1.68. The maximum absolute atomic E-state index is 11.5. The van der Waals surface area contributed by atoms with Crippen molar-refractivity contribution in [2.75, 3.05) is 18.5 Å². The van der Waals surface area contributed by atoms with E-state index < -0.39 is 0 Å². The molecule has 1 aliphatic heterocycles. The van der Waals surface area contributed by atoms with Gasteiger partial charge in [0.1, 0.15) is 6.61 Å². The number of amides is 1. The van der Waals surface area contributed by atoms with Crippen molar-refractivity contribution in [1.29, 1.82) is 0 Å². The lowest BCUT2D eigenvalue weighted by Crippen LogP contribution is -2.35. The van der Waals surface area contributed by atoms with Gasteiger partial charge in [0.15, 0.2) is 0 Å². The number of allylic oxidation sites excluding steroid dienone is 1. The van der Waals surface area contributed by atoms with Crippen molar-refractivity contribution in [3.8, 4) is 5.88 Å². The van der Waals surface area contributed by atoms with E-state index in [4.69, 9.17) is 10.6 Å². The van der Waals surface area contributed by atoms with Crippen LogP contribution in [-0.2, 0) is 17.8 Å². The maximum Gasteiger partial charge on any atom is 0.234 e. The molecule has 148 valence electrons. The summed E-state index contributed by atoms with van der Waals surface area (Å²) in [5.74, 6) is 6.05. The van der Waals surface area contributed by atoms with Crippen LogP contribution >= 0.6 is 0 Å². The molecule has 2 aromatic heterocycles. The third-order valence-corrected chi connectivity index (χ3v) is 4.61. The van der Waals surface area contributed by atoms with E-state index in [0.717, 1.165) is 40.5 Å². The van der Waals surface area contributed by atoms with Gasteiger partial charge in [-0.05, 0) is 38.0 Å². The lowest BCUT2D eigenvalue weighted by Gasteiger charge is -2.26. The van der Waals surface area contributed by atoms with Gasteiger partial charge in [0, 0.05) is 30.9 Å². The molecule has 0 fully saturated rings. The SMILES string of the molecule is CC(=O)N1CCc2cc(OC/C(Nc3ccc(C)nc3)=C(\C)NN)nnc2C1. The first-order valence-electron chi connectivity index (χ1n) is 9.06. The normalized spacial score (nSPS) is 14.1. The quantitative estimate of drug-likeness (QED) is 0.504. The van der Waals surface area contributed by atoms with Gasteiger partial charge in [0.05, 0.1) is 29.8 Å². The predicted octanol–water partition coefficient (Wildman–Crippen LogP) is 1.27. The van der Waals surface area contributed by atoms with E-state index in [1.807, 2.05) is 32.0 Å². The predicted molar refractivity (Wildman–Crippen MR) is 105 cm³/mol. The van der Waals surface area contributed by atoms with Gasteiger partial charge in [-0.1, -0.05) is 0 Å². The maximum atomic E-state index is 11.5. The summed E-state index contributed by atoms with van der Waals surface area (Å²) >= 11 is 0. The molecule has 0 unspecified atom stereocenters. The van der Waals surface area contributed by atoms with Crippen molar-refractivity contribution in [2.45, 2.75) is 33.7 Å². The summed E-state index contributed by atoms with van der Waals surface area (Å²) in [5.41, 5.74) is 7.78. The van der Waals surface area contributed by atoms with E-state index >= 15 is 0 Å². The van der Waals surface area contributed by atoms with Crippen LogP contribution in [0, 0.1) is 6.92 Å². The molecular weight excluding hydrogens is 358 g/mol. The molecule has 0 atom stereocenters. The van der Waals surface area contributed by atoms with Crippen molar-refractivity contribution in [3.05, 3.63) is 52.7 Å². The van der Waals surface area contributed by atoms with E-state index in [1.54, 1.807) is 18.0 Å². The minimum atomic E-state index is 0.0454. The average molecular weight is 383 g/mol. The number of aromatic nitrogens is 3. The summed E-state index contributed by atoms with van der Waals surface area (Å²) in [6.45, 7) is 6.74. The fraction of sp³-hybridized carbons (Fsp3) is 0.368. The summed E-state index contributed by atoms with van der Waals surface area (Å²) in [7, 11) is 0. The number of carbonyl (C=O) groups excluding carboxylic acids is 1. The molecule has 0 bridgehead atoms. The summed E-state index contributed by atoms with van der Waals surface area (Å²) in [5, 5.41) is 11.6. The van der Waals surface area contributed by atoms with Crippen LogP contribution in [0.4, 0.5) is 5.69 Å². The number of rotatable bonds is 6. The molecule has 0 saturated heterocycles. The van der Waals surface area contributed by atoms with Gasteiger partial charge >= 0.3 is 0 Å². The zero-order valence-electron chi connectivity index (χ0n) is 16.3. The number of nitrogens with one attached hydrogen (secondary N) is 2. The molecule has 0 aliphatic carbocycles. The number of ether oxygens (including phenoxy) is 1. The molecule has 2 aromatic rings. The number of fused-ring (bicyclic) bond motifs is 1. The first kappa shape index (κ1) is 19.6. The van der Waals surface area contributed by atoms with Crippen LogP contribution in [0.15, 0.2) is 35.8 Å². The van der Waals surface area contributed by atoms with Gasteiger partial charge in [-0.3, -0.25) is 15.6 Å². The summed E-state index contributed by atoms with van der Waals surface area (Å²) in [4.78, 5) is 17.6. The Hall–Kier alpha value is -3.20. The Bertz CT molecular complexity index is 880. The number of hydrogen-bond acceptors (Lipinski definition) is 8. The second-order valence-electron chi connectivity index (χ2n) is 6.69. The number of nitrogens with two attached hydrogens (primary N) is 1. The second-order valence-corrected chi connectivity index (χ2v) is 6.69. The molecule has 4 N–H and O–H groups in total. The number of hydrogen-bond donors (Lipinski definition) is 3. The van der Waals surface area contributed by atoms with Crippen LogP contribution in [0.5, 0.6) is 5.88 Å². The highest BCUT2D eigenvalue weighted by Gasteiger charge is 2.20. The molecular formula is C19H25N7O2. The number of aryl methyl sites for hydroxylation is 1. The van der Waals surface area contributed by atoms with Crippen LogP contribution in [-0.4, -0.2) is 39.1 Å². The average Bonchev–Trinajstić information content (AvgIpc) is 2.71. The smallest absolute Gasteiger partial charge is 0.234 e. The lowest BCUT2D eigenvalue weighted by atomic mass is 10.1. The molecule has 0 saturated carbocycles. The van der Waals surface area contributed by atoms with Gasteiger partial charge in [0.2, 0.25) is 11.8 Å². The minimum absolute atomic E-state index is 0.0454. The Morgan fingerprint density at radius 1 is 1.32 bits per heavy atom. The molecule has 0 aromatic carbocycles. The van der Waals surface area contributed by atoms with E-state index in [-0.39, 0.29) is 12.5 Å². The first-order chi connectivity index (χ1) is 13.5. The van der Waals surface area contributed by atoms with E-state index in [1.165, 1.54) is 0 Å². The van der Waals surface area contributed by atoms with Crippen LogP contribution in [0.25, 0.3) is 0 Å². The highest BCUT2D eigenvalue weighted by Crippen LogP contribution is 2.20. The van der Waals surface area contributed by atoms with Crippen LogP contribution < -0.4 is 21.3 Å². The number of nitrogens with zero attached hydrogens (tertiary/aromatic N) is 4. The van der Waals surface area contributed by atoms with Crippen LogP contribution in [0.2, 0.25) is 0 Å². The summed E-state index contributed by atoms with van der Waals surface area (Å²) < 4.78 is 5.84. The highest BCUT2D eigenvalue weighted by molar-refractivity contribution is 5.73. The standard InChI is InChI=1S/C19H25N7O2/c1-12-4-5-16(9-21-12)22-18(13(2)23-20)11-28-19-8-15-6-7-26(14(3)27)10-17(15)24-25-19/h4-5,8-9,22-23H,6-7,10-11,20H2,1-3H3/b18-13-. The Morgan fingerprint density at radius 3 is 2.82 bits per heavy atom. The van der Waals surface area contributed by atoms with Crippen LogP contribution in [0.3, 0.4) is 0 Å². The molecule has 28 heavy (non-hydrogen) atoms. The Kier molecular flexibility index (Phi) is 6.05. The Labute approximate surface area is 164 Å². The number of hydrazine groups is 1. The minimum Gasteiger partial charge on any atom is -0.470 e. The third-order valence-electron chi connectivity index (χ3n) is 4.61. The van der Waals surface area contributed by atoms with Crippen molar-refractivity contribution >= 4 is 11.6 Å². The van der Waals surface area contributed by atoms with E-state index in [9.17, 15) is 4.79 Å². The largest absolute Gasteiger partial charge is 0.470 e. The first-order valence-corrected chi connectivity index (χ1v) is 9.06. The van der Waals surface area contributed by atoms with Gasteiger partial charge in [-0.2, -0.15) is 0 Å². The summed E-state index contributed by atoms with van der Waals surface area (Å²) in [6, 6.07) is 5.74. The third kappa shape index (κ3) is 4.74. The van der Waals surface area contributed by atoms with Gasteiger partial charge in [-0.25, -0.2) is 0 Å². The van der Waals surface area contributed by atoms with Crippen molar-refractivity contribution in [3.63, 3.8) is 0 Å². The summed E-state index contributed by atoms with van der Waals surface area (Å²) in [6.07, 6.45) is 2.48. The van der Waals surface area contributed by atoms with Crippen molar-refractivity contribution < 1.29 is 9.53 Å². The molecule has 9 nitrogen and oxygen atoms in total. The zero-order chi connectivity index (χ0) is 20.1. The van der Waals surface area contributed by atoms with Gasteiger partial charge in [0.25, 0.3) is 0 Å². The molecule has 3 rings (SSSR count). The fourth-order valence-electron chi connectivity index (χ4n) is 2.83. The molecule has 0 radical (unpaired) electrons. The fourth-order valence-corrected chi connectivity index (χ4v) is 2.83. The lowest BCUT2D eigenvalue weighted by molar-refractivity contribution is -0.129. The monoisotopic (exact) mass is 383 g/mol. The molecule has 0 spiro atoms. The van der Waals surface area contributed by atoms with Crippen LogP contribution in [0.1, 0.15) is 30.8 Å². The second kappa shape index (κ2) is 8.66. The number of pyridine rings is 1. The van der Waals surface area contributed by atoms with Crippen molar-refractivity contribution in [1.82, 2.24) is 25.5 Å². The zero-order valence-corrected chi connectivity index (χ0v) is 16.3. The molecule has 1 aliphatic rings. The van der Waals surface area contributed by atoms with E-state index in [0.29, 0.717) is 19.0 Å². The number of anilines is 1.